The van der Waals surface area contributed by atoms with Crippen molar-refractivity contribution in [2.24, 2.45) is 0 Å². The van der Waals surface area contributed by atoms with E-state index in [1.165, 1.54) is 0 Å². The Morgan fingerprint density at radius 3 is 2.79 bits per heavy atom. The summed E-state index contributed by atoms with van der Waals surface area (Å²) in [6, 6.07) is 9.96. The fraction of sp³-hybridized carbons (Fsp3) is 0.333. The number of hydrogen-bond acceptors (Lipinski definition) is 2. The lowest BCUT2D eigenvalue weighted by Crippen LogP contribution is -2.50. The molecule has 0 radical (unpaired) electrons. The molecule has 0 amide bonds. The maximum atomic E-state index is 5.79. The Balaban J connectivity index is 1.89. The maximum absolute atomic E-state index is 5.79. The summed E-state index contributed by atoms with van der Waals surface area (Å²) in [6.45, 7) is 5.76. The number of hydrogen-bond donors (Lipinski definition) is 0. The second kappa shape index (κ2) is 4.29. The summed E-state index contributed by atoms with van der Waals surface area (Å²) >= 11 is 0. The summed E-state index contributed by atoms with van der Waals surface area (Å²) in [5.74, 6) is 0.950. The Labute approximate surface area is 84.8 Å². The molecule has 1 unspecified atom stereocenters. The number of para-hydroxylation sites is 1. The van der Waals surface area contributed by atoms with Crippen molar-refractivity contribution < 1.29 is 4.74 Å². The third-order valence-electron chi connectivity index (χ3n) is 2.45. The first kappa shape index (κ1) is 9.28. The molecule has 1 aromatic rings. The van der Waals surface area contributed by atoms with Gasteiger partial charge in [-0.05, 0) is 12.1 Å². The molecule has 1 heterocycles. The second-order valence-corrected chi connectivity index (χ2v) is 3.46. The second-order valence-electron chi connectivity index (χ2n) is 3.46. The number of nitrogens with zero attached hydrogens (tertiary/aromatic N) is 1. The van der Waals surface area contributed by atoms with Crippen LogP contribution in [0.1, 0.15) is 6.42 Å². The van der Waals surface area contributed by atoms with Gasteiger partial charge in [0, 0.05) is 19.5 Å². The highest BCUT2D eigenvalue weighted by Crippen LogP contribution is 2.21. The lowest BCUT2D eigenvalue weighted by Gasteiger charge is -2.39. The van der Waals surface area contributed by atoms with Gasteiger partial charge in [0.15, 0.2) is 6.23 Å². The largest absolute Gasteiger partial charge is 0.475 e. The molecule has 1 saturated heterocycles. The van der Waals surface area contributed by atoms with Gasteiger partial charge in [-0.25, -0.2) is 0 Å². The fourth-order valence-electron chi connectivity index (χ4n) is 1.58. The van der Waals surface area contributed by atoms with Crippen LogP contribution in [0.4, 0.5) is 0 Å². The van der Waals surface area contributed by atoms with Gasteiger partial charge < -0.3 is 4.74 Å². The van der Waals surface area contributed by atoms with Crippen LogP contribution in [0.3, 0.4) is 0 Å². The summed E-state index contributed by atoms with van der Waals surface area (Å²) in [5.41, 5.74) is 0. The van der Waals surface area contributed by atoms with E-state index in [0.29, 0.717) is 0 Å². The first-order chi connectivity index (χ1) is 6.90. The van der Waals surface area contributed by atoms with Crippen molar-refractivity contribution in [2.45, 2.75) is 12.6 Å². The van der Waals surface area contributed by atoms with Crippen LogP contribution < -0.4 is 4.74 Å². The highest BCUT2D eigenvalue weighted by molar-refractivity contribution is 5.21. The standard InChI is InChI=1S/C12H15NO/c1-2-9-13-10-8-12(13)14-11-6-4-3-5-7-11/h2-7,12H,1,8-10H2. The number of ether oxygens (including phenoxy) is 1. The molecule has 2 rings (SSSR count). The van der Waals surface area contributed by atoms with Crippen molar-refractivity contribution in [3.63, 3.8) is 0 Å². The molecule has 0 spiro atoms. The zero-order valence-corrected chi connectivity index (χ0v) is 8.23. The Morgan fingerprint density at radius 2 is 2.21 bits per heavy atom. The minimum absolute atomic E-state index is 0.246. The van der Waals surface area contributed by atoms with E-state index in [0.717, 1.165) is 25.3 Å². The minimum Gasteiger partial charge on any atom is -0.475 e. The van der Waals surface area contributed by atoms with E-state index in [1.54, 1.807) is 0 Å². The minimum atomic E-state index is 0.246. The molecule has 0 N–H and O–H groups in total. The van der Waals surface area contributed by atoms with E-state index in [4.69, 9.17) is 4.74 Å². The van der Waals surface area contributed by atoms with Gasteiger partial charge in [-0.15, -0.1) is 6.58 Å². The Morgan fingerprint density at radius 1 is 1.43 bits per heavy atom. The van der Waals surface area contributed by atoms with Crippen LogP contribution in [-0.2, 0) is 0 Å². The molecule has 0 aliphatic carbocycles. The molecule has 2 heteroatoms. The van der Waals surface area contributed by atoms with Gasteiger partial charge in [-0.3, -0.25) is 4.90 Å². The van der Waals surface area contributed by atoms with Crippen LogP contribution in [0.15, 0.2) is 43.0 Å². The number of benzene rings is 1. The topological polar surface area (TPSA) is 12.5 Å². The van der Waals surface area contributed by atoms with Gasteiger partial charge in [0.05, 0.1) is 0 Å². The van der Waals surface area contributed by atoms with Crippen molar-refractivity contribution in [3.8, 4) is 5.75 Å². The molecule has 74 valence electrons. The third kappa shape index (κ3) is 1.96. The van der Waals surface area contributed by atoms with E-state index < -0.39 is 0 Å². The summed E-state index contributed by atoms with van der Waals surface area (Å²) in [6.07, 6.45) is 3.28. The molecule has 0 saturated carbocycles. The predicted molar refractivity (Wildman–Crippen MR) is 57.2 cm³/mol. The van der Waals surface area contributed by atoms with Crippen molar-refractivity contribution in [1.29, 1.82) is 0 Å². The smallest absolute Gasteiger partial charge is 0.154 e. The van der Waals surface area contributed by atoms with Crippen LogP contribution >= 0.6 is 0 Å². The molecular weight excluding hydrogens is 174 g/mol. The number of rotatable bonds is 4. The first-order valence-corrected chi connectivity index (χ1v) is 4.97. The van der Waals surface area contributed by atoms with Gasteiger partial charge >= 0.3 is 0 Å². The Kier molecular flexibility index (Phi) is 2.84. The van der Waals surface area contributed by atoms with Crippen LogP contribution in [0.25, 0.3) is 0 Å². The highest BCUT2D eigenvalue weighted by atomic mass is 16.5. The summed E-state index contributed by atoms with van der Waals surface area (Å²) in [4.78, 5) is 2.26. The Bertz CT molecular complexity index is 296. The SMILES string of the molecule is C=CCN1CCC1Oc1ccccc1. The highest BCUT2D eigenvalue weighted by Gasteiger charge is 2.28. The molecule has 1 aliphatic heterocycles. The molecule has 1 fully saturated rings. The van der Waals surface area contributed by atoms with Crippen molar-refractivity contribution in [1.82, 2.24) is 4.90 Å². The van der Waals surface area contributed by atoms with Gasteiger partial charge in [0.1, 0.15) is 5.75 Å². The fourth-order valence-corrected chi connectivity index (χ4v) is 1.58. The zero-order valence-electron chi connectivity index (χ0n) is 8.23. The molecule has 0 aromatic heterocycles. The van der Waals surface area contributed by atoms with E-state index in [1.807, 2.05) is 36.4 Å². The molecule has 1 aromatic carbocycles. The lowest BCUT2D eigenvalue weighted by atomic mass is 10.2. The lowest BCUT2D eigenvalue weighted by molar-refractivity contribution is -0.0461. The van der Waals surface area contributed by atoms with Crippen molar-refractivity contribution >= 4 is 0 Å². The zero-order chi connectivity index (χ0) is 9.80. The van der Waals surface area contributed by atoms with Gasteiger partial charge in [-0.1, -0.05) is 24.3 Å². The Hall–Kier alpha value is -1.28. The van der Waals surface area contributed by atoms with Crippen LogP contribution in [0.5, 0.6) is 5.75 Å². The van der Waals surface area contributed by atoms with E-state index in [9.17, 15) is 0 Å². The summed E-state index contributed by atoms with van der Waals surface area (Å²) in [7, 11) is 0. The van der Waals surface area contributed by atoms with Crippen LogP contribution in [-0.4, -0.2) is 24.2 Å². The molecule has 14 heavy (non-hydrogen) atoms. The first-order valence-electron chi connectivity index (χ1n) is 4.97. The predicted octanol–water partition coefficient (Wildman–Crippen LogP) is 2.28. The maximum Gasteiger partial charge on any atom is 0.154 e. The molecule has 1 atom stereocenters. The quantitative estimate of drug-likeness (QED) is 0.674. The molecule has 2 nitrogen and oxygen atoms in total. The summed E-state index contributed by atoms with van der Waals surface area (Å²) < 4.78 is 5.79. The van der Waals surface area contributed by atoms with E-state index in [-0.39, 0.29) is 6.23 Å². The summed E-state index contributed by atoms with van der Waals surface area (Å²) in [5, 5.41) is 0. The number of likely N-dealkylation sites (tertiary alicyclic amines) is 1. The van der Waals surface area contributed by atoms with E-state index in [2.05, 4.69) is 11.5 Å². The van der Waals surface area contributed by atoms with Crippen LogP contribution in [0, 0.1) is 0 Å². The molecular formula is C12H15NO. The van der Waals surface area contributed by atoms with Crippen molar-refractivity contribution in [2.75, 3.05) is 13.1 Å². The van der Waals surface area contributed by atoms with Gasteiger partial charge in [0.2, 0.25) is 0 Å². The van der Waals surface area contributed by atoms with Gasteiger partial charge in [-0.2, -0.15) is 0 Å². The molecule has 1 aliphatic rings. The average Bonchev–Trinajstić information content (AvgIpc) is 2.23. The monoisotopic (exact) mass is 189 g/mol. The van der Waals surface area contributed by atoms with Crippen molar-refractivity contribution in [3.05, 3.63) is 43.0 Å². The molecule has 0 bridgehead atoms. The van der Waals surface area contributed by atoms with E-state index >= 15 is 0 Å². The third-order valence-corrected chi connectivity index (χ3v) is 2.45. The van der Waals surface area contributed by atoms with Gasteiger partial charge in [0.25, 0.3) is 0 Å². The average molecular weight is 189 g/mol. The van der Waals surface area contributed by atoms with Crippen LogP contribution in [0.2, 0.25) is 0 Å². The normalized spacial score (nSPS) is 21.3.